The second kappa shape index (κ2) is 7.96. The molecule has 5 heteroatoms. The minimum absolute atomic E-state index is 0.238. The van der Waals surface area contributed by atoms with E-state index in [0.717, 1.165) is 23.1 Å². The molecule has 0 saturated heterocycles. The second-order valence-electron chi connectivity index (χ2n) is 7.02. The van der Waals surface area contributed by atoms with Crippen molar-refractivity contribution in [3.8, 4) is 11.8 Å². The molecule has 0 aliphatic rings. The van der Waals surface area contributed by atoms with E-state index in [1.165, 1.54) is 0 Å². The molecule has 1 unspecified atom stereocenters. The van der Waals surface area contributed by atoms with E-state index in [0.29, 0.717) is 17.2 Å². The van der Waals surface area contributed by atoms with Crippen molar-refractivity contribution in [2.75, 3.05) is 5.32 Å². The predicted octanol–water partition coefficient (Wildman–Crippen LogP) is 4.57. The monoisotopic (exact) mass is 361 g/mol. The van der Waals surface area contributed by atoms with Gasteiger partial charge in [0.05, 0.1) is 11.6 Å². The van der Waals surface area contributed by atoms with Crippen LogP contribution < -0.4 is 10.1 Å². The number of nitriles is 1. The maximum absolute atomic E-state index is 12.5. The predicted molar refractivity (Wildman–Crippen MR) is 107 cm³/mol. The first-order valence-corrected chi connectivity index (χ1v) is 9.03. The lowest BCUT2D eigenvalue weighted by molar-refractivity contribution is -0.122. The first-order chi connectivity index (χ1) is 13.0. The lowest BCUT2D eigenvalue weighted by atomic mass is 10.2. The Labute approximate surface area is 159 Å². The van der Waals surface area contributed by atoms with E-state index in [1.54, 1.807) is 31.2 Å². The summed E-state index contributed by atoms with van der Waals surface area (Å²) in [6.07, 6.45) is 1.39. The molecule has 0 aliphatic carbocycles. The summed E-state index contributed by atoms with van der Waals surface area (Å²) >= 11 is 0. The molecule has 0 saturated carbocycles. The number of fused-ring (bicyclic) bond motifs is 1. The van der Waals surface area contributed by atoms with Crippen molar-refractivity contribution in [1.82, 2.24) is 4.57 Å². The van der Waals surface area contributed by atoms with Crippen molar-refractivity contribution in [3.63, 3.8) is 0 Å². The fraction of sp³-hybridized carbons (Fsp3) is 0.273. The Balaban J connectivity index is 1.68. The van der Waals surface area contributed by atoms with Crippen molar-refractivity contribution < 1.29 is 9.53 Å². The van der Waals surface area contributed by atoms with Crippen LogP contribution in [0.15, 0.2) is 54.7 Å². The van der Waals surface area contributed by atoms with Crippen LogP contribution in [0.5, 0.6) is 5.75 Å². The first-order valence-electron chi connectivity index (χ1n) is 9.03. The molecule has 1 amide bonds. The SMILES string of the molecule is CC(C)Cn1ccc2cc(NC(=O)C(C)Oc3cccc(C#N)c3)ccc21. The molecule has 0 radical (unpaired) electrons. The highest BCUT2D eigenvalue weighted by atomic mass is 16.5. The zero-order valence-corrected chi connectivity index (χ0v) is 15.8. The van der Waals surface area contributed by atoms with Crippen LogP contribution in [0.4, 0.5) is 5.69 Å². The van der Waals surface area contributed by atoms with Gasteiger partial charge in [-0.2, -0.15) is 5.26 Å². The number of rotatable bonds is 6. The van der Waals surface area contributed by atoms with Crippen LogP contribution in [-0.2, 0) is 11.3 Å². The van der Waals surface area contributed by atoms with Crippen molar-refractivity contribution in [3.05, 3.63) is 60.3 Å². The van der Waals surface area contributed by atoms with Gasteiger partial charge in [-0.15, -0.1) is 0 Å². The quantitative estimate of drug-likeness (QED) is 0.699. The van der Waals surface area contributed by atoms with Gasteiger partial charge in [0.1, 0.15) is 5.75 Å². The third-order valence-corrected chi connectivity index (χ3v) is 4.25. The minimum atomic E-state index is -0.680. The maximum atomic E-state index is 12.5. The number of anilines is 1. The molecule has 0 spiro atoms. The Hall–Kier alpha value is -3.26. The lowest BCUT2D eigenvalue weighted by Crippen LogP contribution is -2.30. The number of ether oxygens (including phenoxy) is 1. The number of carbonyl (C=O) groups is 1. The first kappa shape index (κ1) is 18.5. The highest BCUT2D eigenvalue weighted by Crippen LogP contribution is 2.22. The van der Waals surface area contributed by atoms with Crippen molar-refractivity contribution in [1.29, 1.82) is 5.26 Å². The number of benzene rings is 2. The van der Waals surface area contributed by atoms with E-state index in [9.17, 15) is 4.79 Å². The molecule has 138 valence electrons. The second-order valence-corrected chi connectivity index (χ2v) is 7.02. The summed E-state index contributed by atoms with van der Waals surface area (Å²) in [4.78, 5) is 12.5. The number of nitrogens with zero attached hydrogens (tertiary/aromatic N) is 2. The number of carbonyl (C=O) groups excluding carboxylic acids is 1. The largest absolute Gasteiger partial charge is 0.481 e. The summed E-state index contributed by atoms with van der Waals surface area (Å²) in [7, 11) is 0. The van der Waals surface area contributed by atoms with E-state index >= 15 is 0 Å². The highest BCUT2D eigenvalue weighted by molar-refractivity contribution is 5.96. The Morgan fingerprint density at radius 1 is 1.19 bits per heavy atom. The standard InChI is InChI=1S/C22H23N3O2/c1-15(2)14-25-10-9-18-12-19(7-8-21(18)25)24-22(26)16(3)27-20-6-4-5-17(11-20)13-23/h4-12,15-16H,14H2,1-3H3,(H,24,26). The van der Waals surface area contributed by atoms with Gasteiger partial charge >= 0.3 is 0 Å². The van der Waals surface area contributed by atoms with E-state index in [-0.39, 0.29) is 5.91 Å². The number of amides is 1. The fourth-order valence-electron chi connectivity index (χ4n) is 2.97. The average Bonchev–Trinajstić information content (AvgIpc) is 3.03. The van der Waals surface area contributed by atoms with Crippen LogP contribution in [-0.4, -0.2) is 16.6 Å². The number of aromatic nitrogens is 1. The Morgan fingerprint density at radius 3 is 2.74 bits per heavy atom. The molecule has 1 N–H and O–H groups in total. The van der Waals surface area contributed by atoms with Crippen LogP contribution in [0.25, 0.3) is 10.9 Å². The molecule has 1 atom stereocenters. The van der Waals surface area contributed by atoms with Crippen molar-refractivity contribution >= 4 is 22.5 Å². The van der Waals surface area contributed by atoms with Gasteiger partial charge in [-0.1, -0.05) is 19.9 Å². The summed E-state index contributed by atoms with van der Waals surface area (Å²) in [6, 6.07) is 16.8. The third kappa shape index (κ3) is 4.48. The summed E-state index contributed by atoms with van der Waals surface area (Å²) in [5.41, 5.74) is 2.38. The zero-order valence-electron chi connectivity index (χ0n) is 15.8. The van der Waals surface area contributed by atoms with E-state index in [1.807, 2.05) is 18.2 Å². The fourth-order valence-corrected chi connectivity index (χ4v) is 2.97. The van der Waals surface area contributed by atoms with Gasteiger partial charge in [-0.05, 0) is 55.3 Å². The van der Waals surface area contributed by atoms with E-state index < -0.39 is 6.10 Å². The molecule has 2 aromatic carbocycles. The van der Waals surface area contributed by atoms with Crippen LogP contribution >= 0.6 is 0 Å². The topological polar surface area (TPSA) is 67.1 Å². The van der Waals surface area contributed by atoms with Crippen molar-refractivity contribution in [2.24, 2.45) is 5.92 Å². The van der Waals surface area contributed by atoms with E-state index in [2.05, 4.69) is 42.1 Å². The number of nitrogens with one attached hydrogen (secondary N) is 1. The Kier molecular flexibility index (Phi) is 5.46. The number of hydrogen-bond donors (Lipinski definition) is 1. The molecule has 0 bridgehead atoms. The van der Waals surface area contributed by atoms with Gasteiger partial charge in [0.15, 0.2) is 6.10 Å². The van der Waals surface area contributed by atoms with E-state index in [4.69, 9.17) is 10.00 Å². The van der Waals surface area contributed by atoms with Gasteiger partial charge in [0.25, 0.3) is 5.91 Å². The average molecular weight is 361 g/mol. The molecule has 0 fully saturated rings. The van der Waals surface area contributed by atoms with Crippen molar-refractivity contribution in [2.45, 2.75) is 33.4 Å². The van der Waals surface area contributed by atoms with Crippen LogP contribution in [0, 0.1) is 17.2 Å². The smallest absolute Gasteiger partial charge is 0.265 e. The van der Waals surface area contributed by atoms with Gasteiger partial charge in [-0.3, -0.25) is 4.79 Å². The molecule has 5 nitrogen and oxygen atoms in total. The molecule has 3 rings (SSSR count). The molecule has 27 heavy (non-hydrogen) atoms. The summed E-state index contributed by atoms with van der Waals surface area (Å²) in [5, 5.41) is 12.9. The zero-order chi connectivity index (χ0) is 19.4. The van der Waals surface area contributed by atoms with Crippen LogP contribution in [0.2, 0.25) is 0 Å². The van der Waals surface area contributed by atoms with Crippen LogP contribution in [0.3, 0.4) is 0 Å². The number of hydrogen-bond acceptors (Lipinski definition) is 3. The normalized spacial score (nSPS) is 12.0. The third-order valence-electron chi connectivity index (χ3n) is 4.25. The molecule has 3 aromatic rings. The molecule has 1 heterocycles. The van der Waals surface area contributed by atoms with Gasteiger partial charge in [0.2, 0.25) is 0 Å². The van der Waals surface area contributed by atoms with Gasteiger partial charge in [0, 0.05) is 29.3 Å². The Bertz CT molecular complexity index is 998. The summed E-state index contributed by atoms with van der Waals surface area (Å²) in [5.74, 6) is 0.828. The minimum Gasteiger partial charge on any atom is -0.481 e. The molecule has 1 aromatic heterocycles. The Morgan fingerprint density at radius 2 is 2.00 bits per heavy atom. The summed E-state index contributed by atoms with van der Waals surface area (Å²) in [6.45, 7) is 7.02. The lowest BCUT2D eigenvalue weighted by Gasteiger charge is -2.15. The molecule has 0 aliphatic heterocycles. The van der Waals surface area contributed by atoms with Crippen LogP contribution in [0.1, 0.15) is 26.3 Å². The molecular weight excluding hydrogens is 338 g/mol. The van der Waals surface area contributed by atoms with Gasteiger partial charge in [-0.25, -0.2) is 0 Å². The van der Waals surface area contributed by atoms with Gasteiger partial charge < -0.3 is 14.6 Å². The molecular formula is C22H23N3O2. The maximum Gasteiger partial charge on any atom is 0.265 e. The highest BCUT2D eigenvalue weighted by Gasteiger charge is 2.15. The summed E-state index contributed by atoms with van der Waals surface area (Å²) < 4.78 is 7.88.